The second kappa shape index (κ2) is 7.02. The van der Waals surface area contributed by atoms with Crippen molar-refractivity contribution in [2.45, 2.75) is 44.6 Å². The van der Waals surface area contributed by atoms with Crippen LogP contribution >= 0.6 is 0 Å². The number of hydrogen-bond donors (Lipinski definition) is 1. The molecule has 0 aliphatic heterocycles. The highest BCUT2D eigenvalue weighted by Crippen LogP contribution is 2.48. The Morgan fingerprint density at radius 1 is 1.17 bits per heavy atom. The van der Waals surface area contributed by atoms with Crippen molar-refractivity contribution in [3.63, 3.8) is 0 Å². The molecular formula is C19H27NO3. The maximum absolute atomic E-state index is 8.72. The number of hydrogen-bond acceptors (Lipinski definition) is 4. The van der Waals surface area contributed by atoms with Gasteiger partial charge in [-0.2, -0.15) is 0 Å². The summed E-state index contributed by atoms with van der Waals surface area (Å²) in [6.07, 6.45) is 6.50. The van der Waals surface area contributed by atoms with E-state index in [1.165, 1.54) is 5.56 Å². The van der Waals surface area contributed by atoms with Gasteiger partial charge in [0.1, 0.15) is 5.75 Å². The molecule has 23 heavy (non-hydrogen) atoms. The Morgan fingerprint density at radius 3 is 2.65 bits per heavy atom. The number of methoxy groups -OCH3 is 2. The molecule has 1 aromatic rings. The van der Waals surface area contributed by atoms with Crippen LogP contribution in [0.25, 0.3) is 0 Å². The molecule has 0 heterocycles. The van der Waals surface area contributed by atoms with E-state index in [1.807, 2.05) is 6.07 Å². The lowest BCUT2D eigenvalue weighted by molar-refractivity contribution is 0.0467. The van der Waals surface area contributed by atoms with Gasteiger partial charge >= 0.3 is 0 Å². The van der Waals surface area contributed by atoms with Crippen LogP contribution in [-0.2, 0) is 15.9 Å². The highest BCUT2D eigenvalue weighted by Gasteiger charge is 2.44. The summed E-state index contributed by atoms with van der Waals surface area (Å²) in [5.41, 5.74) is 3.23. The predicted octanol–water partition coefficient (Wildman–Crippen LogP) is 3.60. The maximum atomic E-state index is 8.72. The average molecular weight is 317 g/mol. The second-order valence-electron chi connectivity index (χ2n) is 6.78. The van der Waals surface area contributed by atoms with Crippen LogP contribution in [0.5, 0.6) is 5.75 Å². The molecule has 4 heteroatoms. The highest BCUT2D eigenvalue weighted by molar-refractivity contribution is 6.07. The van der Waals surface area contributed by atoms with Crippen LogP contribution in [0.4, 0.5) is 0 Å². The van der Waals surface area contributed by atoms with Gasteiger partial charge in [0.05, 0.1) is 12.7 Å². The van der Waals surface area contributed by atoms with E-state index in [0.29, 0.717) is 19.3 Å². The molecule has 2 aliphatic carbocycles. The van der Waals surface area contributed by atoms with E-state index in [0.717, 1.165) is 55.5 Å². The lowest BCUT2D eigenvalue weighted by Crippen LogP contribution is -2.35. The molecule has 1 fully saturated rings. The summed E-state index contributed by atoms with van der Waals surface area (Å²) in [6, 6.07) is 6.24. The zero-order chi connectivity index (χ0) is 16.3. The standard InChI is InChI=1S/C19H27NO3/c1-21-10-3-11-23-16-5-4-14-13-19(18(20)17(14)12-16)8-6-15(22-2)7-9-19/h4-5,12,15,20H,3,6-11,13H2,1-2H3/t15-,19-. The molecule has 1 N–H and O–H groups in total. The summed E-state index contributed by atoms with van der Waals surface area (Å²) in [6.45, 7) is 1.37. The Morgan fingerprint density at radius 2 is 1.96 bits per heavy atom. The summed E-state index contributed by atoms with van der Waals surface area (Å²) in [5, 5.41) is 8.72. The van der Waals surface area contributed by atoms with Crippen molar-refractivity contribution in [3.8, 4) is 5.75 Å². The zero-order valence-corrected chi connectivity index (χ0v) is 14.2. The van der Waals surface area contributed by atoms with Crippen LogP contribution in [0.3, 0.4) is 0 Å². The van der Waals surface area contributed by atoms with Crippen LogP contribution in [0.15, 0.2) is 18.2 Å². The number of fused-ring (bicyclic) bond motifs is 1. The minimum atomic E-state index is 0.0338. The van der Waals surface area contributed by atoms with E-state index in [1.54, 1.807) is 14.2 Å². The SMILES string of the molecule is COCCCOc1ccc2c(c1)C(=N)[C@]1(CC[C@H](OC)CC1)C2. The molecule has 1 aromatic carbocycles. The van der Waals surface area contributed by atoms with Crippen LogP contribution in [0.2, 0.25) is 0 Å². The molecule has 3 rings (SSSR count). The summed E-state index contributed by atoms with van der Waals surface area (Å²) < 4.78 is 16.3. The molecule has 0 unspecified atom stereocenters. The molecule has 0 radical (unpaired) electrons. The molecule has 126 valence electrons. The normalized spacial score (nSPS) is 26.5. The van der Waals surface area contributed by atoms with E-state index >= 15 is 0 Å². The lowest BCUT2D eigenvalue weighted by atomic mass is 9.70. The van der Waals surface area contributed by atoms with Crippen molar-refractivity contribution in [1.29, 1.82) is 5.41 Å². The van der Waals surface area contributed by atoms with Crippen molar-refractivity contribution >= 4 is 5.71 Å². The Kier molecular flexibility index (Phi) is 5.02. The minimum Gasteiger partial charge on any atom is -0.493 e. The first kappa shape index (κ1) is 16.5. The van der Waals surface area contributed by atoms with E-state index in [9.17, 15) is 0 Å². The molecule has 0 aromatic heterocycles. The van der Waals surface area contributed by atoms with Crippen LogP contribution in [0, 0.1) is 10.8 Å². The number of rotatable bonds is 6. The Balaban J connectivity index is 1.68. The largest absolute Gasteiger partial charge is 0.493 e. The minimum absolute atomic E-state index is 0.0338. The lowest BCUT2D eigenvalue weighted by Gasteiger charge is -2.36. The molecule has 1 saturated carbocycles. The van der Waals surface area contributed by atoms with Crippen LogP contribution in [-0.4, -0.2) is 39.2 Å². The van der Waals surface area contributed by atoms with Gasteiger partial charge in [0, 0.05) is 43.9 Å². The van der Waals surface area contributed by atoms with Gasteiger partial charge in [0.15, 0.2) is 0 Å². The van der Waals surface area contributed by atoms with Gasteiger partial charge in [-0.05, 0) is 49.8 Å². The Hall–Kier alpha value is -1.39. The smallest absolute Gasteiger partial charge is 0.119 e. The van der Waals surface area contributed by atoms with Crippen LogP contribution in [0.1, 0.15) is 43.2 Å². The van der Waals surface area contributed by atoms with Gasteiger partial charge in [-0.15, -0.1) is 0 Å². The second-order valence-corrected chi connectivity index (χ2v) is 6.78. The third kappa shape index (κ3) is 3.29. The molecule has 2 aliphatic rings. The van der Waals surface area contributed by atoms with E-state index < -0.39 is 0 Å². The molecule has 4 nitrogen and oxygen atoms in total. The molecule has 1 spiro atoms. The zero-order valence-electron chi connectivity index (χ0n) is 14.2. The fourth-order valence-electron chi connectivity index (χ4n) is 3.97. The fourth-order valence-corrected chi connectivity index (χ4v) is 3.97. The van der Waals surface area contributed by atoms with Gasteiger partial charge < -0.3 is 19.6 Å². The van der Waals surface area contributed by atoms with Gasteiger partial charge in [-0.25, -0.2) is 0 Å². The number of benzene rings is 1. The molecule has 0 amide bonds. The summed E-state index contributed by atoms with van der Waals surface area (Å²) in [5.74, 6) is 0.868. The Bertz CT molecular complexity index is 562. The summed E-state index contributed by atoms with van der Waals surface area (Å²) >= 11 is 0. The van der Waals surface area contributed by atoms with Gasteiger partial charge in [-0.3, -0.25) is 0 Å². The monoisotopic (exact) mass is 317 g/mol. The molecular weight excluding hydrogens is 290 g/mol. The van der Waals surface area contributed by atoms with Crippen molar-refractivity contribution in [2.75, 3.05) is 27.4 Å². The van der Waals surface area contributed by atoms with Gasteiger partial charge in [-0.1, -0.05) is 6.07 Å². The molecule has 0 atom stereocenters. The predicted molar refractivity (Wildman–Crippen MR) is 90.7 cm³/mol. The third-order valence-corrected chi connectivity index (χ3v) is 5.39. The topological polar surface area (TPSA) is 51.5 Å². The first-order valence-corrected chi connectivity index (χ1v) is 8.55. The van der Waals surface area contributed by atoms with Crippen molar-refractivity contribution in [3.05, 3.63) is 29.3 Å². The fraction of sp³-hybridized carbons (Fsp3) is 0.632. The Labute approximate surface area is 138 Å². The van der Waals surface area contributed by atoms with Crippen molar-refractivity contribution < 1.29 is 14.2 Å². The quantitative estimate of drug-likeness (QED) is 0.816. The number of nitrogens with one attached hydrogen (secondary N) is 1. The third-order valence-electron chi connectivity index (χ3n) is 5.39. The van der Waals surface area contributed by atoms with Crippen molar-refractivity contribution in [2.24, 2.45) is 5.41 Å². The van der Waals surface area contributed by atoms with E-state index in [2.05, 4.69) is 12.1 Å². The first-order chi connectivity index (χ1) is 11.2. The molecule has 0 saturated heterocycles. The highest BCUT2D eigenvalue weighted by atomic mass is 16.5. The van der Waals surface area contributed by atoms with Gasteiger partial charge in [0.25, 0.3) is 0 Å². The summed E-state index contributed by atoms with van der Waals surface area (Å²) in [7, 11) is 3.50. The average Bonchev–Trinajstić information content (AvgIpc) is 2.85. The summed E-state index contributed by atoms with van der Waals surface area (Å²) in [4.78, 5) is 0. The van der Waals surface area contributed by atoms with Crippen LogP contribution < -0.4 is 4.74 Å². The van der Waals surface area contributed by atoms with E-state index in [-0.39, 0.29) is 5.41 Å². The maximum Gasteiger partial charge on any atom is 0.119 e. The number of ether oxygens (including phenoxy) is 3. The van der Waals surface area contributed by atoms with Crippen molar-refractivity contribution in [1.82, 2.24) is 0 Å². The molecule has 0 bridgehead atoms. The van der Waals surface area contributed by atoms with Gasteiger partial charge in [0.2, 0.25) is 0 Å². The van der Waals surface area contributed by atoms with E-state index in [4.69, 9.17) is 19.6 Å². The first-order valence-electron chi connectivity index (χ1n) is 8.55.